The summed E-state index contributed by atoms with van der Waals surface area (Å²) in [6.07, 6.45) is 3.99. The van der Waals surface area contributed by atoms with Crippen LogP contribution in [-0.2, 0) is 10.2 Å². The van der Waals surface area contributed by atoms with Gasteiger partial charge in [0.15, 0.2) is 5.75 Å². The predicted molar refractivity (Wildman–Crippen MR) is 111 cm³/mol. The Balaban J connectivity index is 1.72. The Kier molecular flexibility index (Phi) is 5.26. The van der Waals surface area contributed by atoms with Crippen LogP contribution >= 0.6 is 34.8 Å². The number of rotatable bonds is 2. The normalized spacial score (nSPS) is 17.6. The quantitative estimate of drug-likeness (QED) is 0.400. The fraction of sp³-hybridized carbons (Fsp3) is 0.333. The zero-order valence-corrected chi connectivity index (χ0v) is 17.8. The molecule has 0 saturated heterocycles. The standard InChI is InChI=1S/C21H17Cl3FNO3/c1-26-16-8-11(19(27)29-18-13(23)9-12(22)10-14(18)24)7-15(25)17(16)21(20(26)28)5-3-2-4-6-21/h7-10H,2-6H2,1H3. The fourth-order valence-corrected chi connectivity index (χ4v) is 5.28. The number of hydrogen-bond donors (Lipinski definition) is 0. The van der Waals surface area contributed by atoms with E-state index in [4.69, 9.17) is 39.5 Å². The van der Waals surface area contributed by atoms with Crippen molar-refractivity contribution in [3.05, 3.63) is 56.3 Å². The van der Waals surface area contributed by atoms with Crippen molar-refractivity contribution in [2.75, 3.05) is 11.9 Å². The number of nitrogens with zero attached hydrogens (tertiary/aromatic N) is 1. The van der Waals surface area contributed by atoms with Crippen LogP contribution < -0.4 is 9.64 Å². The van der Waals surface area contributed by atoms with Gasteiger partial charge >= 0.3 is 5.97 Å². The summed E-state index contributed by atoms with van der Waals surface area (Å²) in [4.78, 5) is 27.1. The number of hydrogen-bond acceptors (Lipinski definition) is 3. The maximum atomic E-state index is 15.2. The first-order valence-electron chi connectivity index (χ1n) is 9.23. The minimum absolute atomic E-state index is 0.0316. The lowest BCUT2D eigenvalue weighted by molar-refractivity contribution is -0.124. The van der Waals surface area contributed by atoms with Gasteiger partial charge in [-0.2, -0.15) is 0 Å². The van der Waals surface area contributed by atoms with E-state index in [-0.39, 0.29) is 27.3 Å². The van der Waals surface area contributed by atoms with Gasteiger partial charge in [0.25, 0.3) is 0 Å². The number of ether oxygens (including phenoxy) is 1. The van der Waals surface area contributed by atoms with Crippen molar-refractivity contribution in [2.45, 2.75) is 37.5 Å². The summed E-state index contributed by atoms with van der Waals surface area (Å²) >= 11 is 18.0. The van der Waals surface area contributed by atoms with Gasteiger partial charge in [0.05, 0.1) is 26.7 Å². The molecule has 29 heavy (non-hydrogen) atoms. The monoisotopic (exact) mass is 455 g/mol. The second kappa shape index (κ2) is 7.46. The lowest BCUT2D eigenvalue weighted by atomic mass is 9.70. The van der Waals surface area contributed by atoms with Crippen LogP contribution in [0.4, 0.5) is 10.1 Å². The highest BCUT2D eigenvalue weighted by molar-refractivity contribution is 6.40. The van der Waals surface area contributed by atoms with E-state index in [1.54, 1.807) is 7.05 Å². The van der Waals surface area contributed by atoms with Crippen molar-refractivity contribution in [2.24, 2.45) is 0 Å². The van der Waals surface area contributed by atoms with E-state index < -0.39 is 17.2 Å². The van der Waals surface area contributed by atoms with E-state index in [2.05, 4.69) is 0 Å². The average Bonchev–Trinajstić information content (AvgIpc) is 2.87. The highest BCUT2D eigenvalue weighted by Gasteiger charge is 2.51. The molecule has 0 radical (unpaired) electrons. The third kappa shape index (κ3) is 3.29. The maximum Gasteiger partial charge on any atom is 0.343 e. The van der Waals surface area contributed by atoms with E-state index in [0.717, 1.165) is 25.3 Å². The Morgan fingerprint density at radius 1 is 1.07 bits per heavy atom. The van der Waals surface area contributed by atoms with Gasteiger partial charge in [-0.25, -0.2) is 9.18 Å². The van der Waals surface area contributed by atoms with Crippen LogP contribution in [0.2, 0.25) is 15.1 Å². The lowest BCUT2D eigenvalue weighted by Gasteiger charge is -2.32. The van der Waals surface area contributed by atoms with Gasteiger partial charge < -0.3 is 9.64 Å². The largest absolute Gasteiger partial charge is 0.420 e. The molecule has 0 aromatic heterocycles. The van der Waals surface area contributed by atoms with E-state index in [1.165, 1.54) is 23.1 Å². The molecule has 1 spiro atoms. The Hall–Kier alpha value is -1.82. The topological polar surface area (TPSA) is 46.6 Å². The van der Waals surface area contributed by atoms with Crippen molar-refractivity contribution in [3.8, 4) is 5.75 Å². The van der Waals surface area contributed by atoms with Crippen LogP contribution in [0.3, 0.4) is 0 Å². The highest BCUT2D eigenvalue weighted by atomic mass is 35.5. The van der Waals surface area contributed by atoms with Gasteiger partial charge in [0.2, 0.25) is 5.91 Å². The number of carbonyl (C=O) groups excluding carboxylic acids is 2. The van der Waals surface area contributed by atoms with E-state index >= 15 is 4.39 Å². The number of benzene rings is 2. The molecule has 0 bridgehead atoms. The van der Waals surface area contributed by atoms with Crippen LogP contribution in [0.15, 0.2) is 24.3 Å². The third-order valence-corrected chi connectivity index (χ3v) is 6.50. The Morgan fingerprint density at radius 2 is 1.69 bits per heavy atom. The molecule has 8 heteroatoms. The molecule has 0 atom stereocenters. The third-order valence-electron chi connectivity index (χ3n) is 5.72. The number of amides is 1. The van der Waals surface area contributed by atoms with Crippen molar-refractivity contribution >= 4 is 52.4 Å². The summed E-state index contributed by atoms with van der Waals surface area (Å²) in [5, 5.41) is 0.415. The number of carbonyl (C=O) groups is 2. The number of likely N-dealkylation sites (N-methyl/N-ethyl adjacent to an activating group) is 1. The van der Waals surface area contributed by atoms with Crippen LogP contribution in [-0.4, -0.2) is 18.9 Å². The summed E-state index contributed by atoms with van der Waals surface area (Å²) in [5.41, 5.74) is -0.0886. The van der Waals surface area contributed by atoms with E-state index in [0.29, 0.717) is 29.1 Å². The molecule has 4 nitrogen and oxygen atoms in total. The second-order valence-corrected chi connectivity index (χ2v) is 8.70. The minimum atomic E-state index is -0.836. The Morgan fingerprint density at radius 3 is 2.31 bits per heavy atom. The van der Waals surface area contributed by atoms with Gasteiger partial charge in [-0.05, 0) is 37.1 Å². The van der Waals surface area contributed by atoms with Crippen LogP contribution in [0.5, 0.6) is 5.75 Å². The molecule has 1 saturated carbocycles. The molecule has 1 aliphatic carbocycles. The first-order chi connectivity index (χ1) is 13.7. The summed E-state index contributed by atoms with van der Waals surface area (Å²) in [6.45, 7) is 0. The fourth-order valence-electron chi connectivity index (χ4n) is 4.38. The summed E-state index contributed by atoms with van der Waals surface area (Å²) < 4.78 is 20.5. The first kappa shape index (κ1) is 20.5. The van der Waals surface area contributed by atoms with Crippen molar-refractivity contribution in [3.63, 3.8) is 0 Å². The zero-order valence-electron chi connectivity index (χ0n) is 15.5. The second-order valence-electron chi connectivity index (χ2n) is 7.45. The molecule has 2 aromatic rings. The maximum absolute atomic E-state index is 15.2. The van der Waals surface area contributed by atoms with Gasteiger partial charge in [-0.1, -0.05) is 54.1 Å². The SMILES string of the molecule is CN1C(=O)C2(CCCCC2)c2c(F)cc(C(=O)Oc3c(Cl)cc(Cl)cc3Cl)cc21. The number of esters is 1. The smallest absolute Gasteiger partial charge is 0.343 e. The molecule has 2 aliphatic rings. The molecule has 4 rings (SSSR count). The molecule has 1 fully saturated rings. The molecule has 0 unspecified atom stereocenters. The van der Waals surface area contributed by atoms with Gasteiger partial charge in [0, 0.05) is 17.6 Å². The Bertz CT molecular complexity index is 1010. The van der Waals surface area contributed by atoms with Crippen LogP contribution in [0.1, 0.15) is 48.0 Å². The molecule has 2 aromatic carbocycles. The van der Waals surface area contributed by atoms with E-state index in [1.807, 2.05) is 0 Å². The van der Waals surface area contributed by atoms with Crippen molar-refractivity contribution < 1.29 is 18.7 Å². The molecule has 0 N–H and O–H groups in total. The van der Waals surface area contributed by atoms with Crippen LogP contribution in [0.25, 0.3) is 0 Å². The molecular weight excluding hydrogens is 440 g/mol. The van der Waals surface area contributed by atoms with E-state index in [9.17, 15) is 9.59 Å². The van der Waals surface area contributed by atoms with Gasteiger partial charge in [0.1, 0.15) is 5.82 Å². The zero-order chi connectivity index (χ0) is 20.9. The molecule has 1 aliphatic heterocycles. The van der Waals surface area contributed by atoms with Crippen molar-refractivity contribution in [1.29, 1.82) is 0 Å². The lowest BCUT2D eigenvalue weighted by Crippen LogP contribution is -2.40. The first-order valence-corrected chi connectivity index (χ1v) is 10.4. The Labute approximate surface area is 182 Å². The van der Waals surface area contributed by atoms with Gasteiger partial charge in [-0.3, -0.25) is 4.79 Å². The average molecular weight is 457 g/mol. The van der Waals surface area contributed by atoms with Gasteiger partial charge in [-0.15, -0.1) is 0 Å². The number of fused-ring (bicyclic) bond motifs is 2. The minimum Gasteiger partial charge on any atom is -0.420 e. The predicted octanol–water partition coefficient (Wildman–Crippen LogP) is 6.18. The van der Waals surface area contributed by atoms with Crippen molar-refractivity contribution in [1.82, 2.24) is 0 Å². The molecule has 1 amide bonds. The molecule has 1 heterocycles. The number of anilines is 1. The summed E-state index contributed by atoms with van der Waals surface area (Å²) in [6, 6.07) is 5.38. The number of halogens is 4. The highest BCUT2D eigenvalue weighted by Crippen LogP contribution is 2.51. The molecular formula is C21H17Cl3FNO3. The summed E-state index contributed by atoms with van der Waals surface area (Å²) in [5.74, 6) is -1.59. The molecule has 152 valence electrons. The summed E-state index contributed by atoms with van der Waals surface area (Å²) in [7, 11) is 1.60. The van der Waals surface area contributed by atoms with Crippen LogP contribution in [0, 0.1) is 5.82 Å².